The average Bonchev–Trinajstić information content (AvgIpc) is 3.78. The topological polar surface area (TPSA) is 61.5 Å². The molecular weight excluding hydrogens is 500 g/mol. The van der Waals surface area contributed by atoms with Gasteiger partial charge in [0.25, 0.3) is 5.91 Å². The lowest BCUT2D eigenvalue weighted by Crippen LogP contribution is -2.31. The van der Waals surface area contributed by atoms with Gasteiger partial charge in [0.15, 0.2) is 17.2 Å². The predicted octanol–water partition coefficient (Wildman–Crippen LogP) is 6.21. The molecule has 0 bridgehead atoms. The standard InChI is InChI=1S/C33H32N4O3/c1-39-28-17-16-27(22-29(28)40-24-26-14-6-3-7-15-26)30-31(35-18-8-9-19-35)32(33(38)36-20-10-11-21-36)37(34-30)23-25-12-4-2-5-13-25/h2-9,12-19,22H,10-11,20-21,23-24H2,1H3. The van der Waals surface area contributed by atoms with Gasteiger partial charge < -0.3 is 18.9 Å². The van der Waals surface area contributed by atoms with Gasteiger partial charge >= 0.3 is 0 Å². The fourth-order valence-electron chi connectivity index (χ4n) is 5.20. The molecule has 0 atom stereocenters. The SMILES string of the molecule is COc1ccc(-c2nn(Cc3ccccc3)c(C(=O)N3CCCC3)c2-n2cccc2)cc1OCc1ccccc1. The summed E-state index contributed by atoms with van der Waals surface area (Å²) in [5.74, 6) is 1.26. The maximum Gasteiger partial charge on any atom is 0.274 e. The van der Waals surface area contributed by atoms with Crippen LogP contribution in [0.3, 0.4) is 0 Å². The van der Waals surface area contributed by atoms with Crippen molar-refractivity contribution in [3.05, 3.63) is 120 Å². The largest absolute Gasteiger partial charge is 0.493 e. The first-order chi connectivity index (χ1) is 19.7. The van der Waals surface area contributed by atoms with Crippen LogP contribution in [0, 0.1) is 0 Å². The van der Waals surface area contributed by atoms with Crippen molar-refractivity contribution in [3.8, 4) is 28.4 Å². The van der Waals surface area contributed by atoms with Crippen LogP contribution in [-0.2, 0) is 13.2 Å². The van der Waals surface area contributed by atoms with Gasteiger partial charge in [-0.2, -0.15) is 5.10 Å². The fourth-order valence-corrected chi connectivity index (χ4v) is 5.20. The third-order valence-corrected chi connectivity index (χ3v) is 7.24. The van der Waals surface area contributed by atoms with Crippen molar-refractivity contribution in [1.82, 2.24) is 19.2 Å². The van der Waals surface area contributed by atoms with Gasteiger partial charge in [-0.25, -0.2) is 0 Å². The number of hydrogen-bond donors (Lipinski definition) is 0. The Morgan fingerprint density at radius 2 is 1.50 bits per heavy atom. The number of methoxy groups -OCH3 is 1. The third-order valence-electron chi connectivity index (χ3n) is 7.24. The number of likely N-dealkylation sites (tertiary alicyclic amines) is 1. The molecule has 1 amide bonds. The van der Waals surface area contributed by atoms with Crippen LogP contribution in [0.5, 0.6) is 11.5 Å². The molecule has 0 unspecified atom stereocenters. The maximum absolute atomic E-state index is 14.1. The van der Waals surface area contributed by atoms with E-state index in [4.69, 9.17) is 14.6 Å². The number of rotatable bonds is 9. The summed E-state index contributed by atoms with van der Waals surface area (Å²) in [5, 5.41) is 5.09. The van der Waals surface area contributed by atoms with Gasteiger partial charge in [0.1, 0.15) is 18.0 Å². The molecule has 6 rings (SSSR count). The smallest absolute Gasteiger partial charge is 0.274 e. The lowest BCUT2D eigenvalue weighted by molar-refractivity contribution is 0.0781. The van der Waals surface area contributed by atoms with E-state index in [9.17, 15) is 4.79 Å². The Morgan fingerprint density at radius 1 is 0.825 bits per heavy atom. The highest BCUT2D eigenvalue weighted by molar-refractivity contribution is 5.99. The van der Waals surface area contributed by atoms with Gasteiger partial charge in [-0.1, -0.05) is 60.7 Å². The Hall–Kier alpha value is -4.78. The van der Waals surface area contributed by atoms with Crippen LogP contribution >= 0.6 is 0 Å². The lowest BCUT2D eigenvalue weighted by Gasteiger charge is -2.18. The molecule has 2 aromatic heterocycles. The highest BCUT2D eigenvalue weighted by Crippen LogP contribution is 2.37. The number of ether oxygens (including phenoxy) is 2. The first kappa shape index (κ1) is 25.5. The Balaban J connectivity index is 1.48. The predicted molar refractivity (Wildman–Crippen MR) is 155 cm³/mol. The monoisotopic (exact) mass is 532 g/mol. The second-order valence-corrected chi connectivity index (χ2v) is 9.92. The summed E-state index contributed by atoms with van der Waals surface area (Å²) in [5.41, 5.74) is 5.04. The summed E-state index contributed by atoms with van der Waals surface area (Å²) in [4.78, 5) is 16.0. The normalized spacial score (nSPS) is 13.0. The minimum Gasteiger partial charge on any atom is -0.493 e. The zero-order chi connectivity index (χ0) is 27.3. The zero-order valence-corrected chi connectivity index (χ0v) is 22.6. The van der Waals surface area contributed by atoms with E-state index in [2.05, 4.69) is 12.1 Å². The molecule has 7 heteroatoms. The molecule has 40 heavy (non-hydrogen) atoms. The molecular formula is C33H32N4O3. The highest BCUT2D eigenvalue weighted by atomic mass is 16.5. The highest BCUT2D eigenvalue weighted by Gasteiger charge is 2.30. The molecule has 0 N–H and O–H groups in total. The van der Waals surface area contributed by atoms with E-state index in [0.29, 0.717) is 36.0 Å². The Labute approximate surface area is 234 Å². The second-order valence-electron chi connectivity index (χ2n) is 9.92. The second kappa shape index (κ2) is 11.5. The van der Waals surface area contributed by atoms with Crippen LogP contribution in [0.15, 0.2) is 103 Å². The third kappa shape index (κ3) is 5.23. The van der Waals surface area contributed by atoms with Crippen molar-refractivity contribution in [2.45, 2.75) is 26.0 Å². The summed E-state index contributed by atoms with van der Waals surface area (Å²) >= 11 is 0. The molecule has 5 aromatic rings. The van der Waals surface area contributed by atoms with Crippen molar-refractivity contribution >= 4 is 5.91 Å². The van der Waals surface area contributed by atoms with Gasteiger partial charge in [0.05, 0.1) is 13.7 Å². The Kier molecular flexibility index (Phi) is 7.35. The molecule has 202 valence electrons. The molecule has 3 heterocycles. The lowest BCUT2D eigenvalue weighted by atomic mass is 10.1. The van der Waals surface area contributed by atoms with Gasteiger partial charge in [0.2, 0.25) is 0 Å². The molecule has 0 radical (unpaired) electrons. The molecule has 1 fully saturated rings. The van der Waals surface area contributed by atoms with E-state index in [0.717, 1.165) is 48.3 Å². The maximum atomic E-state index is 14.1. The Morgan fingerprint density at radius 3 is 2.17 bits per heavy atom. The quantitative estimate of drug-likeness (QED) is 0.226. The first-order valence-corrected chi connectivity index (χ1v) is 13.6. The number of carbonyl (C=O) groups excluding carboxylic acids is 1. The van der Waals surface area contributed by atoms with Crippen molar-refractivity contribution < 1.29 is 14.3 Å². The van der Waals surface area contributed by atoms with E-state index in [1.165, 1.54) is 0 Å². The molecule has 1 saturated heterocycles. The van der Waals surface area contributed by atoms with Crippen molar-refractivity contribution in [1.29, 1.82) is 0 Å². The summed E-state index contributed by atoms with van der Waals surface area (Å²) in [6.07, 6.45) is 5.96. The fraction of sp³-hybridized carbons (Fsp3) is 0.212. The van der Waals surface area contributed by atoms with Crippen LogP contribution in [-0.4, -0.2) is 45.4 Å². The van der Waals surface area contributed by atoms with E-state index in [-0.39, 0.29) is 5.91 Å². The first-order valence-electron chi connectivity index (χ1n) is 13.6. The van der Waals surface area contributed by atoms with Gasteiger partial charge in [-0.05, 0) is 54.3 Å². The van der Waals surface area contributed by atoms with Gasteiger partial charge in [-0.3, -0.25) is 9.48 Å². The van der Waals surface area contributed by atoms with Crippen LogP contribution in [0.2, 0.25) is 0 Å². The van der Waals surface area contributed by atoms with E-state index in [1.807, 2.05) is 105 Å². The minimum absolute atomic E-state index is 0.00458. The molecule has 0 saturated carbocycles. The van der Waals surface area contributed by atoms with E-state index >= 15 is 0 Å². The van der Waals surface area contributed by atoms with Crippen LogP contribution < -0.4 is 9.47 Å². The van der Waals surface area contributed by atoms with Crippen LogP contribution in [0.4, 0.5) is 0 Å². The van der Waals surface area contributed by atoms with Gasteiger partial charge in [-0.15, -0.1) is 0 Å². The number of carbonyl (C=O) groups is 1. The minimum atomic E-state index is 0.00458. The number of benzene rings is 3. The molecule has 1 aliphatic rings. The molecule has 1 aliphatic heterocycles. The number of aromatic nitrogens is 3. The molecule has 7 nitrogen and oxygen atoms in total. The van der Waals surface area contributed by atoms with Crippen LogP contribution in [0.25, 0.3) is 16.9 Å². The number of nitrogens with zero attached hydrogens (tertiary/aromatic N) is 4. The zero-order valence-electron chi connectivity index (χ0n) is 22.6. The summed E-state index contributed by atoms with van der Waals surface area (Å²) in [6.45, 7) is 2.41. The Bertz CT molecular complexity index is 1570. The van der Waals surface area contributed by atoms with E-state index in [1.54, 1.807) is 7.11 Å². The van der Waals surface area contributed by atoms with E-state index < -0.39 is 0 Å². The number of hydrogen-bond acceptors (Lipinski definition) is 4. The van der Waals surface area contributed by atoms with Crippen LogP contribution in [0.1, 0.15) is 34.5 Å². The molecule has 0 spiro atoms. The summed E-state index contributed by atoms with van der Waals surface area (Å²) < 4.78 is 15.7. The van der Waals surface area contributed by atoms with Crippen molar-refractivity contribution in [2.24, 2.45) is 0 Å². The number of amides is 1. The van der Waals surface area contributed by atoms with Gasteiger partial charge in [0, 0.05) is 31.0 Å². The van der Waals surface area contributed by atoms with Crippen molar-refractivity contribution in [2.75, 3.05) is 20.2 Å². The molecule has 0 aliphatic carbocycles. The summed E-state index contributed by atoms with van der Waals surface area (Å²) in [7, 11) is 1.64. The molecule has 3 aromatic carbocycles. The summed E-state index contributed by atoms with van der Waals surface area (Å²) in [6, 6.07) is 29.9. The average molecular weight is 533 g/mol. The van der Waals surface area contributed by atoms with Crippen molar-refractivity contribution in [3.63, 3.8) is 0 Å².